The first-order valence-electron chi connectivity index (χ1n) is 8.28. The van der Waals surface area contributed by atoms with E-state index in [1.165, 1.54) is 0 Å². The van der Waals surface area contributed by atoms with Gasteiger partial charge < -0.3 is 30.0 Å². The molecule has 0 saturated carbocycles. The van der Waals surface area contributed by atoms with Crippen LogP contribution < -0.4 is 9.47 Å². The minimum absolute atomic E-state index is 0.0172. The van der Waals surface area contributed by atoms with Crippen LogP contribution in [0.1, 0.15) is 11.1 Å². The zero-order valence-electron chi connectivity index (χ0n) is 14.5. The first kappa shape index (κ1) is 21.0. The summed E-state index contributed by atoms with van der Waals surface area (Å²) in [5, 5.41) is 40.3. The topological polar surface area (TPSA) is 112 Å². The molecule has 27 heavy (non-hydrogen) atoms. The van der Waals surface area contributed by atoms with Gasteiger partial charge in [0.15, 0.2) is 0 Å². The average Bonchev–Trinajstić information content (AvgIpc) is 2.72. The number of rotatable bonds is 10. The van der Waals surface area contributed by atoms with Gasteiger partial charge in [-0.2, -0.15) is 0 Å². The van der Waals surface area contributed by atoms with Gasteiger partial charge in [-0.3, -0.25) is 0 Å². The van der Waals surface area contributed by atoms with Crippen molar-refractivity contribution < 1.29 is 30.0 Å². The molecular weight excluding hydrogens is 374 g/mol. The highest BCUT2D eigenvalue weighted by molar-refractivity contribution is 6.18. The minimum Gasteiger partial charge on any atom is -0.491 e. The highest BCUT2D eigenvalue weighted by Crippen LogP contribution is 2.19. The van der Waals surface area contributed by atoms with Gasteiger partial charge in [0.1, 0.15) is 42.6 Å². The lowest BCUT2D eigenvalue weighted by Gasteiger charge is -2.12. The lowest BCUT2D eigenvalue weighted by atomic mass is 10.0. The highest BCUT2D eigenvalue weighted by atomic mass is 35.5. The molecule has 7 nitrogen and oxygen atoms in total. The van der Waals surface area contributed by atoms with Crippen LogP contribution in [-0.2, 0) is 0 Å². The van der Waals surface area contributed by atoms with Crippen LogP contribution in [0, 0.1) is 0 Å². The molecule has 0 amide bonds. The molecule has 4 N–H and O–H groups in total. The number of aliphatic hydroxyl groups is 3. The van der Waals surface area contributed by atoms with Crippen molar-refractivity contribution in [1.82, 2.24) is 0 Å². The van der Waals surface area contributed by atoms with Crippen LogP contribution in [0.15, 0.2) is 53.7 Å². The normalized spacial score (nSPS) is 13.9. The van der Waals surface area contributed by atoms with Gasteiger partial charge in [-0.1, -0.05) is 5.16 Å². The number of hydrogen-bond acceptors (Lipinski definition) is 7. The second kappa shape index (κ2) is 10.7. The molecule has 0 aliphatic heterocycles. The van der Waals surface area contributed by atoms with Crippen molar-refractivity contribution in [3.8, 4) is 11.5 Å². The molecule has 2 unspecified atom stereocenters. The van der Waals surface area contributed by atoms with E-state index in [2.05, 4.69) is 5.16 Å². The van der Waals surface area contributed by atoms with Crippen molar-refractivity contribution in [3.63, 3.8) is 0 Å². The Balaban J connectivity index is 2.03. The predicted molar refractivity (Wildman–Crippen MR) is 101 cm³/mol. The van der Waals surface area contributed by atoms with E-state index in [4.69, 9.17) is 26.2 Å². The Morgan fingerprint density at radius 3 is 1.67 bits per heavy atom. The van der Waals surface area contributed by atoms with Crippen LogP contribution >= 0.6 is 11.6 Å². The molecule has 2 aromatic rings. The lowest BCUT2D eigenvalue weighted by Crippen LogP contribution is -2.21. The van der Waals surface area contributed by atoms with Gasteiger partial charge >= 0.3 is 0 Å². The van der Waals surface area contributed by atoms with Crippen molar-refractivity contribution in [2.24, 2.45) is 5.16 Å². The van der Waals surface area contributed by atoms with Gasteiger partial charge in [-0.25, -0.2) is 0 Å². The highest BCUT2D eigenvalue weighted by Gasteiger charge is 2.10. The second-order valence-corrected chi connectivity index (χ2v) is 6.07. The summed E-state index contributed by atoms with van der Waals surface area (Å²) < 4.78 is 10.8. The Bertz CT molecular complexity index is 660. The summed E-state index contributed by atoms with van der Waals surface area (Å²) in [7, 11) is 0. The second-order valence-electron chi connectivity index (χ2n) is 5.76. The van der Waals surface area contributed by atoms with Gasteiger partial charge in [-0.15, -0.1) is 11.6 Å². The van der Waals surface area contributed by atoms with Crippen LogP contribution in [0.5, 0.6) is 11.5 Å². The monoisotopic (exact) mass is 395 g/mol. The number of halogens is 1. The fourth-order valence-electron chi connectivity index (χ4n) is 2.18. The molecule has 8 heteroatoms. The van der Waals surface area contributed by atoms with Crippen LogP contribution in [0.25, 0.3) is 0 Å². The maximum Gasteiger partial charge on any atom is 0.119 e. The summed E-state index contributed by atoms with van der Waals surface area (Å²) in [5.74, 6) is 1.18. The zero-order chi connectivity index (χ0) is 19.6. The first-order chi connectivity index (χ1) is 13.1. The third-order valence-electron chi connectivity index (χ3n) is 3.63. The summed E-state index contributed by atoms with van der Waals surface area (Å²) in [6.07, 6.45) is -1.68. The summed E-state index contributed by atoms with van der Waals surface area (Å²) in [5.41, 5.74) is 1.70. The van der Waals surface area contributed by atoms with Crippen molar-refractivity contribution in [3.05, 3.63) is 59.7 Å². The molecule has 0 fully saturated rings. The van der Waals surface area contributed by atoms with E-state index >= 15 is 0 Å². The Morgan fingerprint density at radius 2 is 1.30 bits per heavy atom. The van der Waals surface area contributed by atoms with Crippen molar-refractivity contribution >= 4 is 17.3 Å². The fraction of sp³-hybridized carbons (Fsp3) is 0.316. The number of nitrogens with zero attached hydrogens (tertiary/aromatic N) is 1. The summed E-state index contributed by atoms with van der Waals surface area (Å²) in [6, 6.07) is 13.7. The molecule has 2 rings (SSSR count). The van der Waals surface area contributed by atoms with Gasteiger partial charge in [0, 0.05) is 11.1 Å². The molecule has 2 aromatic carbocycles. The maximum atomic E-state index is 9.41. The SMILES string of the molecule is OCC(O)COc1ccc(/C(=N\O)c2ccc(OCC(O)CCl)cc2)cc1. The Kier molecular flexibility index (Phi) is 8.35. The predicted octanol–water partition coefficient (Wildman–Crippen LogP) is 1.62. The Labute approximate surface area is 162 Å². The van der Waals surface area contributed by atoms with Crippen LogP contribution in [0.3, 0.4) is 0 Å². The quantitative estimate of drug-likeness (QED) is 0.210. The van der Waals surface area contributed by atoms with Crippen molar-refractivity contribution in [2.45, 2.75) is 12.2 Å². The minimum atomic E-state index is -0.939. The number of ether oxygens (including phenoxy) is 2. The first-order valence-corrected chi connectivity index (χ1v) is 8.82. The molecular formula is C19H22ClNO6. The van der Waals surface area contributed by atoms with E-state index in [0.29, 0.717) is 28.3 Å². The summed E-state index contributed by atoms with van der Waals surface area (Å²) in [4.78, 5) is 0. The molecule has 0 aliphatic rings. The van der Waals surface area contributed by atoms with Gasteiger partial charge in [0.2, 0.25) is 0 Å². The molecule has 0 aliphatic carbocycles. The number of hydrogen-bond donors (Lipinski definition) is 4. The largest absolute Gasteiger partial charge is 0.491 e. The van der Waals surface area contributed by atoms with Gasteiger partial charge in [-0.05, 0) is 48.5 Å². The summed E-state index contributed by atoms with van der Waals surface area (Å²) >= 11 is 5.52. The molecule has 0 bridgehead atoms. The smallest absolute Gasteiger partial charge is 0.119 e. The fourth-order valence-corrected chi connectivity index (χ4v) is 2.27. The van der Waals surface area contributed by atoms with E-state index in [0.717, 1.165) is 0 Å². The number of benzene rings is 2. The molecule has 0 radical (unpaired) electrons. The zero-order valence-corrected chi connectivity index (χ0v) is 15.3. The molecule has 2 atom stereocenters. The van der Waals surface area contributed by atoms with Crippen LogP contribution in [0.2, 0.25) is 0 Å². The van der Waals surface area contributed by atoms with Crippen molar-refractivity contribution in [2.75, 3.05) is 25.7 Å². The van der Waals surface area contributed by atoms with E-state index in [9.17, 15) is 15.4 Å². The third-order valence-corrected chi connectivity index (χ3v) is 3.99. The Morgan fingerprint density at radius 1 is 0.852 bits per heavy atom. The van der Waals surface area contributed by atoms with E-state index < -0.39 is 12.2 Å². The molecule has 0 spiro atoms. The molecule has 146 valence electrons. The molecule has 0 aromatic heterocycles. The maximum absolute atomic E-state index is 9.41. The van der Waals surface area contributed by atoms with Crippen molar-refractivity contribution in [1.29, 1.82) is 0 Å². The standard InChI is InChI=1S/C19H22ClNO6/c20-9-15(23)11-26-17-5-1-13(2-6-17)19(21-25)14-3-7-18(8-4-14)27-12-16(24)10-22/h1-8,15-16,22-25H,9-12H2/b21-19-. The van der Waals surface area contributed by atoms with E-state index in [1.54, 1.807) is 48.5 Å². The van der Waals surface area contributed by atoms with Crippen LogP contribution in [0.4, 0.5) is 0 Å². The molecule has 0 heterocycles. The average molecular weight is 396 g/mol. The molecule has 0 saturated heterocycles. The number of oxime groups is 1. The Hall–Kier alpha value is -2.32. The van der Waals surface area contributed by atoms with E-state index in [1.807, 2.05) is 0 Å². The van der Waals surface area contributed by atoms with Gasteiger partial charge in [0.05, 0.1) is 12.5 Å². The van der Waals surface area contributed by atoms with Gasteiger partial charge in [0.25, 0.3) is 0 Å². The third kappa shape index (κ3) is 6.41. The summed E-state index contributed by atoms with van der Waals surface area (Å²) in [6.45, 7) is -0.295. The lowest BCUT2D eigenvalue weighted by molar-refractivity contribution is 0.0536. The number of aliphatic hydroxyl groups excluding tert-OH is 3. The van der Waals surface area contributed by atoms with Crippen LogP contribution in [-0.4, -0.2) is 64.1 Å². The van der Waals surface area contributed by atoms with E-state index in [-0.39, 0.29) is 25.7 Å². The number of alkyl halides is 1.